The Morgan fingerprint density at radius 2 is 1.79 bits per heavy atom. The van der Waals surface area contributed by atoms with E-state index in [9.17, 15) is 4.79 Å². The summed E-state index contributed by atoms with van der Waals surface area (Å²) >= 11 is 0. The number of para-hydroxylation sites is 2. The molecule has 1 aromatic heterocycles. The lowest BCUT2D eigenvalue weighted by Gasteiger charge is -2.24. The van der Waals surface area contributed by atoms with Crippen molar-refractivity contribution in [3.8, 4) is 34.5 Å². The van der Waals surface area contributed by atoms with E-state index in [0.29, 0.717) is 28.6 Å². The molecule has 4 rings (SSSR count). The van der Waals surface area contributed by atoms with Gasteiger partial charge in [0.05, 0.1) is 14.2 Å². The van der Waals surface area contributed by atoms with Crippen molar-refractivity contribution in [2.75, 3.05) is 26.1 Å². The molecule has 1 atom stereocenters. The average molecular weight is 383 g/mol. The van der Waals surface area contributed by atoms with E-state index in [1.54, 1.807) is 50.6 Å². The van der Waals surface area contributed by atoms with Crippen LogP contribution in [-0.4, -0.2) is 43.0 Å². The van der Waals surface area contributed by atoms with Crippen LogP contribution in [0.5, 0.6) is 23.0 Å². The van der Waals surface area contributed by atoms with Crippen LogP contribution in [0.3, 0.4) is 0 Å². The smallest absolute Gasteiger partial charge is 0.322 e. The number of ether oxygens (including phenoxy) is 4. The molecule has 2 aromatic carbocycles. The van der Waals surface area contributed by atoms with Crippen molar-refractivity contribution < 1.29 is 28.2 Å². The summed E-state index contributed by atoms with van der Waals surface area (Å²) in [5, 5.41) is 10.4. The summed E-state index contributed by atoms with van der Waals surface area (Å²) in [4.78, 5) is 12.4. The predicted molar refractivity (Wildman–Crippen MR) is 97.8 cm³/mol. The molecule has 9 heteroatoms. The Bertz CT molecular complexity index is 981. The van der Waals surface area contributed by atoms with Crippen molar-refractivity contribution in [2.45, 2.75) is 6.10 Å². The van der Waals surface area contributed by atoms with Gasteiger partial charge in [-0.1, -0.05) is 17.2 Å². The SMILES string of the molecule is COc1cc(OC)cc(-c2nnc(NC(=O)[C@@H]3COc4ccccc4O3)o2)c1. The van der Waals surface area contributed by atoms with Crippen molar-refractivity contribution in [1.29, 1.82) is 0 Å². The summed E-state index contributed by atoms with van der Waals surface area (Å²) in [7, 11) is 3.09. The summed E-state index contributed by atoms with van der Waals surface area (Å²) < 4.78 is 27.2. The second kappa shape index (κ2) is 7.47. The second-order valence-corrected chi connectivity index (χ2v) is 5.87. The van der Waals surface area contributed by atoms with Crippen LogP contribution in [0.2, 0.25) is 0 Å². The van der Waals surface area contributed by atoms with E-state index in [2.05, 4.69) is 15.5 Å². The standard InChI is InChI=1S/C19H17N3O6/c1-24-12-7-11(8-13(9-12)25-2)18-21-22-19(28-18)20-17(23)16-10-26-14-5-3-4-6-15(14)27-16/h3-9,16H,10H2,1-2H3,(H,20,22,23)/t16-/m0/s1. The Kier molecular flexibility index (Phi) is 4.71. The van der Waals surface area contributed by atoms with Gasteiger partial charge in [0.1, 0.15) is 18.1 Å². The molecule has 0 saturated heterocycles. The molecular weight excluding hydrogens is 366 g/mol. The van der Waals surface area contributed by atoms with Gasteiger partial charge in [-0.15, -0.1) is 5.10 Å². The summed E-state index contributed by atoms with van der Waals surface area (Å²) in [6.07, 6.45) is -0.831. The number of fused-ring (bicyclic) bond motifs is 1. The number of benzene rings is 2. The van der Waals surface area contributed by atoms with Gasteiger partial charge in [-0.2, -0.15) is 0 Å². The average Bonchev–Trinajstić information content (AvgIpc) is 3.21. The largest absolute Gasteiger partial charge is 0.497 e. The number of hydrogen-bond donors (Lipinski definition) is 1. The molecule has 1 aliphatic heterocycles. The zero-order valence-electron chi connectivity index (χ0n) is 15.2. The molecule has 0 radical (unpaired) electrons. The van der Waals surface area contributed by atoms with E-state index in [1.165, 1.54) is 0 Å². The van der Waals surface area contributed by atoms with Crippen LogP contribution in [0.15, 0.2) is 46.9 Å². The first-order valence-electron chi connectivity index (χ1n) is 8.42. The number of rotatable bonds is 5. The van der Waals surface area contributed by atoms with Gasteiger partial charge in [0.2, 0.25) is 12.0 Å². The molecule has 0 bridgehead atoms. The Hall–Kier alpha value is -3.75. The molecule has 9 nitrogen and oxygen atoms in total. The number of hydrogen-bond acceptors (Lipinski definition) is 8. The number of aromatic nitrogens is 2. The molecule has 0 fully saturated rings. The first-order valence-corrected chi connectivity index (χ1v) is 8.42. The Morgan fingerprint density at radius 3 is 2.50 bits per heavy atom. The van der Waals surface area contributed by atoms with Crippen LogP contribution in [0.4, 0.5) is 6.01 Å². The third-order valence-electron chi connectivity index (χ3n) is 4.05. The highest BCUT2D eigenvalue weighted by molar-refractivity contribution is 5.93. The van der Waals surface area contributed by atoms with E-state index in [4.69, 9.17) is 23.4 Å². The quantitative estimate of drug-likeness (QED) is 0.717. The van der Waals surface area contributed by atoms with Gasteiger partial charge in [-0.05, 0) is 24.3 Å². The van der Waals surface area contributed by atoms with Gasteiger partial charge in [-0.25, -0.2) is 0 Å². The van der Waals surface area contributed by atoms with Crippen molar-refractivity contribution in [3.05, 3.63) is 42.5 Å². The number of methoxy groups -OCH3 is 2. The van der Waals surface area contributed by atoms with Gasteiger partial charge in [0, 0.05) is 11.6 Å². The fourth-order valence-corrected chi connectivity index (χ4v) is 2.66. The highest BCUT2D eigenvalue weighted by atomic mass is 16.6. The van der Waals surface area contributed by atoms with E-state index in [0.717, 1.165) is 0 Å². The van der Waals surface area contributed by atoms with Crippen LogP contribution < -0.4 is 24.3 Å². The number of anilines is 1. The topological polar surface area (TPSA) is 105 Å². The van der Waals surface area contributed by atoms with Gasteiger partial charge in [-0.3, -0.25) is 10.1 Å². The molecular formula is C19H17N3O6. The molecule has 0 saturated carbocycles. The third-order valence-corrected chi connectivity index (χ3v) is 4.05. The molecule has 1 amide bonds. The van der Waals surface area contributed by atoms with Crippen LogP contribution in [-0.2, 0) is 4.79 Å². The monoisotopic (exact) mass is 383 g/mol. The first kappa shape index (κ1) is 17.7. The summed E-state index contributed by atoms with van der Waals surface area (Å²) in [6.45, 7) is 0.0803. The minimum Gasteiger partial charge on any atom is -0.497 e. The highest BCUT2D eigenvalue weighted by Crippen LogP contribution is 2.32. The lowest BCUT2D eigenvalue weighted by Crippen LogP contribution is -2.40. The summed E-state index contributed by atoms with van der Waals surface area (Å²) in [5.41, 5.74) is 0.593. The fraction of sp³-hybridized carbons (Fsp3) is 0.211. The lowest BCUT2D eigenvalue weighted by atomic mass is 10.2. The Morgan fingerprint density at radius 1 is 1.07 bits per heavy atom. The number of nitrogens with zero attached hydrogens (tertiary/aromatic N) is 2. The van der Waals surface area contributed by atoms with Gasteiger partial charge in [0.25, 0.3) is 5.91 Å². The van der Waals surface area contributed by atoms with Gasteiger partial charge < -0.3 is 23.4 Å². The molecule has 28 heavy (non-hydrogen) atoms. The fourth-order valence-electron chi connectivity index (χ4n) is 2.66. The first-order chi connectivity index (χ1) is 13.7. The van der Waals surface area contributed by atoms with Crippen molar-refractivity contribution in [1.82, 2.24) is 10.2 Å². The Balaban J connectivity index is 1.47. The number of nitrogens with one attached hydrogen (secondary N) is 1. The zero-order valence-corrected chi connectivity index (χ0v) is 15.2. The lowest BCUT2D eigenvalue weighted by molar-refractivity contribution is -0.125. The molecule has 0 spiro atoms. The molecule has 0 aliphatic carbocycles. The van der Waals surface area contributed by atoms with E-state index in [1.807, 2.05) is 6.07 Å². The molecule has 1 aliphatic rings. The van der Waals surface area contributed by atoms with E-state index < -0.39 is 12.0 Å². The van der Waals surface area contributed by atoms with E-state index >= 15 is 0 Å². The van der Waals surface area contributed by atoms with Crippen molar-refractivity contribution >= 4 is 11.9 Å². The highest BCUT2D eigenvalue weighted by Gasteiger charge is 2.28. The maximum absolute atomic E-state index is 12.4. The molecule has 2 heterocycles. The predicted octanol–water partition coefficient (Wildman–Crippen LogP) is 2.53. The number of carbonyl (C=O) groups is 1. The number of carbonyl (C=O) groups excluding carboxylic acids is 1. The van der Waals surface area contributed by atoms with Crippen LogP contribution >= 0.6 is 0 Å². The molecule has 3 aromatic rings. The maximum atomic E-state index is 12.4. The molecule has 144 valence electrons. The van der Waals surface area contributed by atoms with E-state index in [-0.39, 0.29) is 18.5 Å². The van der Waals surface area contributed by atoms with Crippen LogP contribution in [0, 0.1) is 0 Å². The van der Waals surface area contributed by atoms with Crippen molar-refractivity contribution in [2.24, 2.45) is 0 Å². The maximum Gasteiger partial charge on any atom is 0.322 e. The van der Waals surface area contributed by atoms with Crippen LogP contribution in [0.25, 0.3) is 11.5 Å². The minimum absolute atomic E-state index is 0.0516. The summed E-state index contributed by atoms with van der Waals surface area (Å²) in [6, 6.07) is 12.2. The van der Waals surface area contributed by atoms with Gasteiger partial charge >= 0.3 is 6.01 Å². The molecule has 0 unspecified atom stereocenters. The Labute approximate surface area is 160 Å². The van der Waals surface area contributed by atoms with Crippen molar-refractivity contribution in [3.63, 3.8) is 0 Å². The number of amides is 1. The third kappa shape index (κ3) is 3.54. The normalized spacial score (nSPS) is 15.0. The van der Waals surface area contributed by atoms with Gasteiger partial charge in [0.15, 0.2) is 11.5 Å². The summed E-state index contributed by atoms with van der Waals surface area (Å²) in [5.74, 6) is 2.00. The van der Waals surface area contributed by atoms with Crippen LogP contribution in [0.1, 0.15) is 0 Å². The minimum atomic E-state index is -0.831. The molecule has 1 N–H and O–H groups in total. The second-order valence-electron chi connectivity index (χ2n) is 5.87. The zero-order chi connectivity index (χ0) is 19.5.